The molecule has 14 heavy (non-hydrogen) atoms. The van der Waals surface area contributed by atoms with Crippen molar-refractivity contribution in [2.24, 2.45) is 0 Å². The largest absolute Gasteiger partial charge is 0.411 e. The van der Waals surface area contributed by atoms with Crippen molar-refractivity contribution in [3.05, 3.63) is 0 Å². The Balaban J connectivity index is 4.32. The Morgan fingerprint density at radius 1 is 1.36 bits per heavy atom. The maximum Gasteiger partial charge on any atom is 0.184 e. The van der Waals surface area contributed by atoms with Crippen LogP contribution in [0.1, 0.15) is 39.5 Å². The van der Waals surface area contributed by atoms with Crippen LogP contribution in [0.25, 0.3) is 0 Å². The summed E-state index contributed by atoms with van der Waals surface area (Å²) in [5.41, 5.74) is -0.0881. The maximum atomic E-state index is 6.16. The van der Waals surface area contributed by atoms with Crippen molar-refractivity contribution >= 4 is 8.32 Å². The number of unbranched alkanes of at least 4 members (excludes halogenated alkanes) is 1. The molecule has 0 amide bonds. The lowest BCUT2D eigenvalue weighted by atomic mass is 9.96. The van der Waals surface area contributed by atoms with Gasteiger partial charge in [-0.3, -0.25) is 0 Å². The summed E-state index contributed by atoms with van der Waals surface area (Å²) in [5.74, 6) is 2.74. The summed E-state index contributed by atoms with van der Waals surface area (Å²) in [5, 5.41) is 0. The summed E-state index contributed by atoms with van der Waals surface area (Å²) >= 11 is 0. The van der Waals surface area contributed by atoms with Gasteiger partial charge in [0.2, 0.25) is 0 Å². The molecule has 0 unspecified atom stereocenters. The normalized spacial score (nSPS) is 16.0. The van der Waals surface area contributed by atoms with Crippen molar-refractivity contribution in [1.29, 1.82) is 0 Å². The fraction of sp³-hybridized carbons (Fsp3) is 0.833. The van der Waals surface area contributed by atoms with Crippen LogP contribution >= 0.6 is 0 Å². The Bertz CT molecular complexity index is 199. The first-order valence-corrected chi connectivity index (χ1v) is 8.87. The molecule has 0 spiro atoms. The minimum absolute atomic E-state index is 0.0881. The van der Waals surface area contributed by atoms with Crippen molar-refractivity contribution in [1.82, 2.24) is 0 Å². The third-order valence-electron chi connectivity index (χ3n) is 2.09. The van der Waals surface area contributed by atoms with Gasteiger partial charge in [-0.05, 0) is 33.0 Å². The molecule has 0 aliphatic carbocycles. The zero-order chi connectivity index (χ0) is 11.2. The summed E-state index contributed by atoms with van der Waals surface area (Å²) in [7, 11) is -1.48. The second-order valence-electron chi connectivity index (χ2n) is 5.15. The smallest absolute Gasteiger partial charge is 0.184 e. The van der Waals surface area contributed by atoms with Gasteiger partial charge in [0, 0.05) is 6.42 Å². The zero-order valence-corrected chi connectivity index (χ0v) is 11.3. The summed E-state index contributed by atoms with van der Waals surface area (Å²) in [6.07, 6.45) is 9.61. The standard InChI is InChI=1S/C12H24OSi/c1-7-9-11-12(3,10-8-2)13-14(4,5)6/h2H,7,9-11H2,1,3-6H3/t12-/m1/s1. The second-order valence-corrected chi connectivity index (χ2v) is 9.58. The molecule has 0 fully saturated rings. The van der Waals surface area contributed by atoms with E-state index in [1.54, 1.807) is 0 Å². The molecule has 0 saturated carbocycles. The molecule has 0 bridgehead atoms. The van der Waals surface area contributed by atoms with Crippen molar-refractivity contribution < 1.29 is 4.43 Å². The van der Waals surface area contributed by atoms with E-state index < -0.39 is 8.32 Å². The van der Waals surface area contributed by atoms with Gasteiger partial charge in [0.1, 0.15) is 0 Å². The highest BCUT2D eigenvalue weighted by Crippen LogP contribution is 2.26. The van der Waals surface area contributed by atoms with Crippen LogP contribution in [0.15, 0.2) is 0 Å². The van der Waals surface area contributed by atoms with Crippen molar-refractivity contribution in [3.63, 3.8) is 0 Å². The van der Waals surface area contributed by atoms with Gasteiger partial charge in [-0.15, -0.1) is 12.3 Å². The minimum atomic E-state index is -1.48. The van der Waals surface area contributed by atoms with Crippen molar-refractivity contribution in [2.75, 3.05) is 0 Å². The van der Waals surface area contributed by atoms with Crippen LogP contribution in [0, 0.1) is 12.3 Å². The van der Waals surface area contributed by atoms with Gasteiger partial charge in [0.05, 0.1) is 5.60 Å². The monoisotopic (exact) mass is 212 g/mol. The Morgan fingerprint density at radius 2 is 1.93 bits per heavy atom. The molecule has 1 atom stereocenters. The first kappa shape index (κ1) is 13.7. The van der Waals surface area contributed by atoms with Crippen molar-refractivity contribution in [3.8, 4) is 12.3 Å². The van der Waals surface area contributed by atoms with Gasteiger partial charge in [-0.1, -0.05) is 19.8 Å². The van der Waals surface area contributed by atoms with E-state index in [1.165, 1.54) is 12.8 Å². The van der Waals surface area contributed by atoms with Crippen LogP contribution in [0.3, 0.4) is 0 Å². The quantitative estimate of drug-likeness (QED) is 0.480. The summed E-state index contributed by atoms with van der Waals surface area (Å²) in [6, 6.07) is 0. The highest BCUT2D eigenvalue weighted by atomic mass is 28.4. The van der Waals surface area contributed by atoms with E-state index >= 15 is 0 Å². The lowest BCUT2D eigenvalue weighted by molar-refractivity contribution is 0.0739. The van der Waals surface area contributed by atoms with Gasteiger partial charge >= 0.3 is 0 Å². The fourth-order valence-electron chi connectivity index (χ4n) is 1.68. The van der Waals surface area contributed by atoms with Crippen LogP contribution < -0.4 is 0 Å². The van der Waals surface area contributed by atoms with Crippen LogP contribution in [0.5, 0.6) is 0 Å². The predicted molar refractivity (Wildman–Crippen MR) is 65.8 cm³/mol. The Kier molecular flexibility index (Phi) is 5.47. The molecule has 82 valence electrons. The summed E-state index contributed by atoms with van der Waals surface area (Å²) in [4.78, 5) is 0. The van der Waals surface area contributed by atoms with E-state index in [0.717, 1.165) is 12.8 Å². The molecule has 0 aromatic carbocycles. The van der Waals surface area contributed by atoms with E-state index in [1.807, 2.05) is 0 Å². The third-order valence-corrected chi connectivity index (χ3v) is 3.19. The molecule has 0 N–H and O–H groups in total. The van der Waals surface area contributed by atoms with E-state index in [9.17, 15) is 0 Å². The van der Waals surface area contributed by atoms with Gasteiger partial charge < -0.3 is 4.43 Å². The first-order valence-electron chi connectivity index (χ1n) is 5.46. The number of hydrogen-bond acceptors (Lipinski definition) is 1. The van der Waals surface area contributed by atoms with Crippen LogP contribution in [0.2, 0.25) is 19.6 Å². The molecule has 0 rings (SSSR count). The van der Waals surface area contributed by atoms with Gasteiger partial charge in [-0.25, -0.2) is 0 Å². The minimum Gasteiger partial charge on any atom is -0.411 e. The predicted octanol–water partition coefficient (Wildman–Crippen LogP) is 3.81. The Hall–Kier alpha value is -0.263. The molecular formula is C12H24OSi. The molecule has 2 heteroatoms. The Morgan fingerprint density at radius 3 is 2.29 bits per heavy atom. The topological polar surface area (TPSA) is 9.23 Å². The first-order chi connectivity index (χ1) is 6.33. The van der Waals surface area contributed by atoms with E-state index in [2.05, 4.69) is 39.4 Å². The molecular weight excluding hydrogens is 188 g/mol. The van der Waals surface area contributed by atoms with E-state index in [-0.39, 0.29) is 5.60 Å². The zero-order valence-electron chi connectivity index (χ0n) is 10.3. The molecule has 0 aliphatic rings. The molecule has 0 saturated heterocycles. The molecule has 0 aromatic rings. The van der Waals surface area contributed by atoms with E-state index in [0.29, 0.717) is 0 Å². The molecule has 0 radical (unpaired) electrons. The van der Waals surface area contributed by atoms with Gasteiger partial charge in [-0.2, -0.15) is 0 Å². The lowest BCUT2D eigenvalue weighted by Gasteiger charge is -2.35. The summed E-state index contributed by atoms with van der Waals surface area (Å²) in [6.45, 7) is 11.0. The average Bonchev–Trinajstić information content (AvgIpc) is 1.98. The van der Waals surface area contributed by atoms with Crippen LogP contribution in [-0.4, -0.2) is 13.9 Å². The Labute approximate surface area is 90.4 Å². The molecule has 1 nitrogen and oxygen atoms in total. The van der Waals surface area contributed by atoms with Crippen molar-refractivity contribution in [2.45, 2.75) is 64.8 Å². The van der Waals surface area contributed by atoms with Gasteiger partial charge in [0.15, 0.2) is 8.32 Å². The lowest BCUT2D eigenvalue weighted by Crippen LogP contribution is -2.40. The molecule has 0 aliphatic heterocycles. The van der Waals surface area contributed by atoms with Gasteiger partial charge in [0.25, 0.3) is 0 Å². The fourth-order valence-corrected chi connectivity index (χ4v) is 3.33. The third kappa shape index (κ3) is 6.23. The number of hydrogen-bond donors (Lipinski definition) is 0. The average molecular weight is 212 g/mol. The maximum absolute atomic E-state index is 6.16. The molecule has 0 aromatic heterocycles. The molecule has 0 heterocycles. The highest BCUT2D eigenvalue weighted by molar-refractivity contribution is 6.69. The summed E-state index contributed by atoms with van der Waals surface area (Å²) < 4.78 is 6.16. The second kappa shape index (κ2) is 5.58. The SMILES string of the molecule is C#CC[C@](C)(CCCC)O[Si](C)(C)C. The van der Waals surface area contributed by atoms with E-state index in [4.69, 9.17) is 10.8 Å². The van der Waals surface area contributed by atoms with Crippen LogP contribution in [0.4, 0.5) is 0 Å². The number of terminal acetylenes is 1. The number of rotatable bonds is 6. The highest BCUT2D eigenvalue weighted by Gasteiger charge is 2.30. The van der Waals surface area contributed by atoms with Crippen LogP contribution in [-0.2, 0) is 4.43 Å².